The van der Waals surface area contributed by atoms with Crippen LogP contribution in [0.25, 0.3) is 0 Å². The van der Waals surface area contributed by atoms with Crippen molar-refractivity contribution in [2.24, 2.45) is 0 Å². The zero-order valence-electron chi connectivity index (χ0n) is 10.3. The van der Waals surface area contributed by atoms with Gasteiger partial charge in [0.25, 0.3) is 0 Å². The predicted molar refractivity (Wildman–Crippen MR) is 77.8 cm³/mol. The van der Waals surface area contributed by atoms with E-state index < -0.39 is 17.6 Å². The maximum Gasteiger partial charge on any atom is 0.469 e. The fourth-order valence-corrected chi connectivity index (χ4v) is 2.07. The van der Waals surface area contributed by atoms with Crippen LogP contribution in [0.3, 0.4) is 0 Å². The molecule has 2 rings (SSSR count). The smallest absolute Gasteiger partial charge is 0.428 e. The van der Waals surface area contributed by atoms with Crippen LogP contribution < -0.4 is 4.74 Å². The van der Waals surface area contributed by atoms with Gasteiger partial charge in [-0.2, -0.15) is 17.6 Å². The van der Waals surface area contributed by atoms with Gasteiger partial charge in [-0.1, -0.05) is 44.0 Å². The first kappa shape index (κ1) is 16.3. The van der Waals surface area contributed by atoms with E-state index in [1.54, 1.807) is 0 Å². The first-order valence-electron chi connectivity index (χ1n) is 5.68. The van der Waals surface area contributed by atoms with E-state index in [9.17, 15) is 17.6 Å². The fourth-order valence-electron chi connectivity index (χ4n) is 1.54. The second-order valence-corrected chi connectivity index (χ2v) is 5.99. The molecule has 112 valence electrons. The lowest BCUT2D eigenvalue weighted by Crippen LogP contribution is -2.43. The number of halogens is 6. The molecule has 0 bridgehead atoms. The minimum atomic E-state index is -4.67. The first-order valence-corrected chi connectivity index (χ1v) is 7.27. The molecule has 0 saturated carbocycles. The van der Waals surface area contributed by atoms with E-state index in [1.165, 1.54) is 36.4 Å². The van der Waals surface area contributed by atoms with Crippen LogP contribution in [0.1, 0.15) is 5.56 Å². The number of hydrogen-bond donors (Lipinski definition) is 0. The third kappa shape index (κ3) is 3.58. The molecule has 0 N–H and O–H groups in total. The monoisotopic (exact) mass is 426 g/mol. The van der Waals surface area contributed by atoms with E-state index in [2.05, 4.69) is 36.6 Å². The van der Waals surface area contributed by atoms with Crippen LogP contribution in [0.15, 0.2) is 57.5 Å². The van der Waals surface area contributed by atoms with Crippen molar-refractivity contribution in [3.05, 3.63) is 63.0 Å². The molecule has 1 nitrogen and oxygen atoms in total. The Labute approximate surface area is 135 Å². The first-order chi connectivity index (χ1) is 9.72. The van der Waals surface area contributed by atoms with Gasteiger partial charge in [-0.3, -0.25) is 0 Å². The Balaban J connectivity index is 2.27. The van der Waals surface area contributed by atoms with Crippen molar-refractivity contribution in [2.45, 2.75) is 12.0 Å². The van der Waals surface area contributed by atoms with Gasteiger partial charge in [-0.15, -0.1) is 0 Å². The largest absolute Gasteiger partial charge is 0.469 e. The molecule has 0 aromatic heterocycles. The lowest BCUT2D eigenvalue weighted by atomic mass is 10.1. The Morgan fingerprint density at radius 1 is 0.714 bits per heavy atom. The summed E-state index contributed by atoms with van der Waals surface area (Å²) < 4.78 is 60.7. The van der Waals surface area contributed by atoms with Crippen LogP contribution in [0.2, 0.25) is 0 Å². The summed E-state index contributed by atoms with van der Waals surface area (Å²) in [5.41, 5.74) is -0.826. The van der Waals surface area contributed by atoms with Crippen molar-refractivity contribution in [1.29, 1.82) is 0 Å². The van der Waals surface area contributed by atoms with Gasteiger partial charge < -0.3 is 4.74 Å². The molecule has 0 unspecified atom stereocenters. The second-order valence-electron chi connectivity index (χ2n) is 4.15. The normalized spacial score (nSPS) is 12.3. The maximum absolute atomic E-state index is 13.9. The van der Waals surface area contributed by atoms with E-state index in [4.69, 9.17) is 0 Å². The molecular formula is C14H8Br2F4O. The van der Waals surface area contributed by atoms with Crippen LogP contribution in [0, 0.1) is 0 Å². The Morgan fingerprint density at radius 2 is 1.14 bits per heavy atom. The molecular weight excluding hydrogens is 420 g/mol. The minimum Gasteiger partial charge on any atom is -0.428 e. The molecule has 0 atom stereocenters. The van der Waals surface area contributed by atoms with E-state index >= 15 is 0 Å². The summed E-state index contributed by atoms with van der Waals surface area (Å²) in [6.07, 6.45) is -4.67. The summed E-state index contributed by atoms with van der Waals surface area (Å²) in [7, 11) is 0. The van der Waals surface area contributed by atoms with E-state index in [1.807, 2.05) is 0 Å². The van der Waals surface area contributed by atoms with Crippen molar-refractivity contribution >= 4 is 31.9 Å². The molecule has 0 heterocycles. The minimum absolute atomic E-state index is 0.347. The van der Waals surface area contributed by atoms with Crippen LogP contribution in [0.4, 0.5) is 17.6 Å². The SMILES string of the molecule is FC(F)(Oc1ccc(Br)cc1)C(F)(F)c1ccc(Br)cc1. The lowest BCUT2D eigenvalue weighted by molar-refractivity contribution is -0.316. The molecule has 7 heteroatoms. The van der Waals surface area contributed by atoms with E-state index in [0.29, 0.717) is 8.95 Å². The number of ether oxygens (including phenoxy) is 1. The highest BCUT2D eigenvalue weighted by Gasteiger charge is 2.60. The number of benzene rings is 2. The van der Waals surface area contributed by atoms with Crippen molar-refractivity contribution in [1.82, 2.24) is 0 Å². The van der Waals surface area contributed by atoms with Gasteiger partial charge in [-0.05, 0) is 36.4 Å². The van der Waals surface area contributed by atoms with Gasteiger partial charge in [0.05, 0.1) is 0 Å². The molecule has 0 fully saturated rings. The molecule has 0 spiro atoms. The van der Waals surface area contributed by atoms with Gasteiger partial charge in [0, 0.05) is 14.5 Å². The molecule has 0 saturated heterocycles. The topological polar surface area (TPSA) is 9.23 Å². The van der Waals surface area contributed by atoms with Crippen molar-refractivity contribution in [3.8, 4) is 5.75 Å². The van der Waals surface area contributed by atoms with Crippen LogP contribution >= 0.6 is 31.9 Å². The number of hydrogen-bond acceptors (Lipinski definition) is 1. The Hall–Kier alpha value is -1.08. The zero-order valence-corrected chi connectivity index (χ0v) is 13.5. The summed E-state index contributed by atoms with van der Waals surface area (Å²) in [5, 5.41) is 0. The predicted octanol–water partition coefficient (Wildman–Crippen LogP) is 5.98. The van der Waals surface area contributed by atoms with Gasteiger partial charge >= 0.3 is 12.0 Å². The van der Waals surface area contributed by atoms with Gasteiger partial charge in [0.15, 0.2) is 0 Å². The highest BCUT2D eigenvalue weighted by molar-refractivity contribution is 9.10. The van der Waals surface area contributed by atoms with Crippen molar-refractivity contribution in [2.75, 3.05) is 0 Å². The standard InChI is InChI=1S/C14H8Br2F4O/c15-10-3-1-9(2-4-10)13(17,18)14(19,20)21-12-7-5-11(16)6-8-12/h1-8H. The zero-order chi connectivity index (χ0) is 15.7. The average molecular weight is 428 g/mol. The van der Waals surface area contributed by atoms with Crippen LogP contribution in [-0.4, -0.2) is 6.11 Å². The molecule has 2 aromatic rings. The molecule has 0 aliphatic heterocycles. The quantitative estimate of drug-likeness (QED) is 0.545. The van der Waals surface area contributed by atoms with Crippen molar-refractivity contribution < 1.29 is 22.3 Å². The fraction of sp³-hybridized carbons (Fsp3) is 0.143. The maximum atomic E-state index is 13.9. The molecule has 0 amide bonds. The number of alkyl halides is 4. The molecule has 0 aliphatic rings. The van der Waals surface area contributed by atoms with E-state index in [0.717, 1.165) is 12.1 Å². The summed E-state index contributed by atoms with van der Waals surface area (Å²) in [4.78, 5) is 0. The summed E-state index contributed by atoms with van der Waals surface area (Å²) in [6, 6.07) is 9.56. The molecule has 2 aromatic carbocycles. The Morgan fingerprint density at radius 3 is 1.62 bits per heavy atom. The molecule has 0 aliphatic carbocycles. The van der Waals surface area contributed by atoms with E-state index in [-0.39, 0.29) is 5.75 Å². The van der Waals surface area contributed by atoms with Crippen LogP contribution in [-0.2, 0) is 5.92 Å². The van der Waals surface area contributed by atoms with Crippen LogP contribution in [0.5, 0.6) is 5.75 Å². The highest BCUT2D eigenvalue weighted by atomic mass is 79.9. The highest BCUT2D eigenvalue weighted by Crippen LogP contribution is 2.44. The van der Waals surface area contributed by atoms with Gasteiger partial charge in [0.1, 0.15) is 5.75 Å². The Bertz CT molecular complexity index is 612. The lowest BCUT2D eigenvalue weighted by Gasteiger charge is -2.26. The third-order valence-electron chi connectivity index (χ3n) is 2.63. The van der Waals surface area contributed by atoms with Gasteiger partial charge in [0.2, 0.25) is 0 Å². The number of rotatable bonds is 4. The summed E-state index contributed by atoms with van der Waals surface area (Å²) >= 11 is 6.17. The Kier molecular flexibility index (Phi) is 4.63. The second kappa shape index (κ2) is 5.96. The van der Waals surface area contributed by atoms with Crippen molar-refractivity contribution in [3.63, 3.8) is 0 Å². The summed E-state index contributed by atoms with van der Waals surface area (Å²) in [5.74, 6) is -4.80. The summed E-state index contributed by atoms with van der Waals surface area (Å²) in [6.45, 7) is 0. The molecule has 21 heavy (non-hydrogen) atoms. The average Bonchev–Trinajstić information content (AvgIpc) is 2.41. The van der Waals surface area contributed by atoms with Gasteiger partial charge in [-0.25, -0.2) is 0 Å². The molecule has 0 radical (unpaired) electrons. The third-order valence-corrected chi connectivity index (χ3v) is 3.69.